The van der Waals surface area contributed by atoms with Crippen LogP contribution in [0.15, 0.2) is 30.3 Å². The minimum Gasteiger partial charge on any atom is -0.315 e. The first-order chi connectivity index (χ1) is 8.31. The smallest absolute Gasteiger partial charge is 0.0340 e. The summed E-state index contributed by atoms with van der Waals surface area (Å²) in [5.74, 6) is 2.52. The molecule has 2 unspecified atom stereocenters. The zero-order valence-corrected chi connectivity index (χ0v) is 11.5. The molecule has 0 saturated carbocycles. The number of nitrogens with one attached hydrogen (secondary N) is 1. The monoisotopic (exact) mass is 250 g/mol. The third-order valence-corrected chi connectivity index (χ3v) is 4.63. The quantitative estimate of drug-likeness (QED) is 0.878. The van der Waals surface area contributed by atoms with Crippen LogP contribution in [0.25, 0.3) is 0 Å². The van der Waals surface area contributed by atoms with Crippen molar-refractivity contribution in [3.63, 3.8) is 0 Å². The SMILES string of the molecule is CNC(Cc1ccccc1)C1CSCCN1C. The van der Waals surface area contributed by atoms with Crippen molar-refractivity contribution in [2.75, 3.05) is 32.1 Å². The molecule has 0 amide bonds. The van der Waals surface area contributed by atoms with Crippen LogP contribution in [0.4, 0.5) is 0 Å². The zero-order chi connectivity index (χ0) is 12.1. The van der Waals surface area contributed by atoms with Gasteiger partial charge in [0.15, 0.2) is 0 Å². The Bertz CT molecular complexity index is 328. The van der Waals surface area contributed by atoms with E-state index in [1.165, 1.54) is 23.6 Å². The number of hydrogen-bond donors (Lipinski definition) is 1. The molecule has 0 radical (unpaired) electrons. The van der Waals surface area contributed by atoms with Gasteiger partial charge in [-0.1, -0.05) is 30.3 Å². The molecule has 0 bridgehead atoms. The lowest BCUT2D eigenvalue weighted by atomic mass is 9.99. The van der Waals surface area contributed by atoms with E-state index in [4.69, 9.17) is 0 Å². The average molecular weight is 250 g/mol. The molecule has 1 fully saturated rings. The van der Waals surface area contributed by atoms with Gasteiger partial charge in [0.2, 0.25) is 0 Å². The molecule has 0 aromatic heterocycles. The second-order valence-electron chi connectivity index (χ2n) is 4.71. The Morgan fingerprint density at radius 3 is 2.82 bits per heavy atom. The van der Waals surface area contributed by atoms with E-state index in [-0.39, 0.29) is 0 Å². The Balaban J connectivity index is 2.00. The lowest BCUT2D eigenvalue weighted by Crippen LogP contribution is -2.52. The minimum atomic E-state index is 0.551. The summed E-state index contributed by atoms with van der Waals surface area (Å²) < 4.78 is 0. The van der Waals surface area contributed by atoms with Crippen LogP contribution in [-0.2, 0) is 6.42 Å². The van der Waals surface area contributed by atoms with Crippen molar-refractivity contribution in [2.24, 2.45) is 0 Å². The van der Waals surface area contributed by atoms with E-state index in [1.54, 1.807) is 0 Å². The van der Waals surface area contributed by atoms with Crippen LogP contribution in [0.1, 0.15) is 5.56 Å². The van der Waals surface area contributed by atoms with Gasteiger partial charge < -0.3 is 10.2 Å². The van der Waals surface area contributed by atoms with Gasteiger partial charge in [-0.05, 0) is 26.1 Å². The first kappa shape index (κ1) is 12.9. The van der Waals surface area contributed by atoms with Crippen LogP contribution in [0.2, 0.25) is 0 Å². The Morgan fingerprint density at radius 1 is 1.41 bits per heavy atom. The third-order valence-electron chi connectivity index (χ3n) is 3.58. The molecule has 1 aromatic carbocycles. The maximum Gasteiger partial charge on any atom is 0.0340 e. The summed E-state index contributed by atoms with van der Waals surface area (Å²) in [5, 5.41) is 3.50. The highest BCUT2D eigenvalue weighted by molar-refractivity contribution is 7.99. The largest absolute Gasteiger partial charge is 0.315 e. The highest BCUT2D eigenvalue weighted by Crippen LogP contribution is 2.19. The Hall–Kier alpha value is -0.510. The Labute approximate surface area is 109 Å². The molecule has 0 spiro atoms. The van der Waals surface area contributed by atoms with Gasteiger partial charge >= 0.3 is 0 Å². The molecular formula is C14H22N2S. The van der Waals surface area contributed by atoms with Gasteiger partial charge in [-0.3, -0.25) is 0 Å². The standard InChI is InChI=1S/C14H22N2S/c1-15-13(10-12-6-4-3-5-7-12)14-11-17-9-8-16(14)2/h3-7,13-15H,8-11H2,1-2H3. The van der Waals surface area contributed by atoms with Crippen LogP contribution in [0.5, 0.6) is 0 Å². The van der Waals surface area contributed by atoms with E-state index < -0.39 is 0 Å². The normalized spacial score (nSPS) is 23.5. The van der Waals surface area contributed by atoms with Crippen molar-refractivity contribution >= 4 is 11.8 Å². The van der Waals surface area contributed by atoms with Crippen LogP contribution < -0.4 is 5.32 Å². The van der Waals surface area contributed by atoms with E-state index in [2.05, 4.69) is 66.4 Å². The predicted octanol–water partition coefficient (Wildman–Crippen LogP) is 1.86. The van der Waals surface area contributed by atoms with Gasteiger partial charge in [0.05, 0.1) is 0 Å². The molecule has 1 heterocycles. The minimum absolute atomic E-state index is 0.551. The van der Waals surface area contributed by atoms with E-state index >= 15 is 0 Å². The van der Waals surface area contributed by atoms with Crippen LogP contribution in [0, 0.1) is 0 Å². The fourth-order valence-electron chi connectivity index (χ4n) is 2.43. The van der Waals surface area contributed by atoms with Crippen molar-refractivity contribution in [1.82, 2.24) is 10.2 Å². The maximum absolute atomic E-state index is 3.50. The molecular weight excluding hydrogens is 228 g/mol. The van der Waals surface area contributed by atoms with Crippen molar-refractivity contribution in [2.45, 2.75) is 18.5 Å². The molecule has 2 atom stereocenters. The van der Waals surface area contributed by atoms with Crippen molar-refractivity contribution in [3.8, 4) is 0 Å². The zero-order valence-electron chi connectivity index (χ0n) is 10.7. The molecule has 3 heteroatoms. The average Bonchev–Trinajstić information content (AvgIpc) is 2.38. The first-order valence-corrected chi connectivity index (χ1v) is 7.46. The number of likely N-dealkylation sites (N-methyl/N-ethyl adjacent to an activating group) is 2. The number of benzene rings is 1. The number of hydrogen-bond acceptors (Lipinski definition) is 3. The highest BCUT2D eigenvalue weighted by atomic mass is 32.2. The summed E-state index contributed by atoms with van der Waals surface area (Å²) in [5.41, 5.74) is 1.43. The van der Waals surface area contributed by atoms with Gasteiger partial charge in [0.25, 0.3) is 0 Å². The summed E-state index contributed by atoms with van der Waals surface area (Å²) >= 11 is 2.08. The summed E-state index contributed by atoms with van der Waals surface area (Å²) in [7, 11) is 4.33. The van der Waals surface area contributed by atoms with Crippen molar-refractivity contribution in [3.05, 3.63) is 35.9 Å². The number of thioether (sulfide) groups is 1. The van der Waals surface area contributed by atoms with E-state index in [1.807, 2.05) is 0 Å². The molecule has 94 valence electrons. The molecule has 1 aliphatic rings. The number of nitrogens with zero attached hydrogens (tertiary/aromatic N) is 1. The van der Waals surface area contributed by atoms with Gasteiger partial charge in [-0.2, -0.15) is 11.8 Å². The topological polar surface area (TPSA) is 15.3 Å². The van der Waals surface area contributed by atoms with Gasteiger partial charge in [-0.15, -0.1) is 0 Å². The fraction of sp³-hybridized carbons (Fsp3) is 0.571. The molecule has 1 saturated heterocycles. The first-order valence-electron chi connectivity index (χ1n) is 6.30. The lowest BCUT2D eigenvalue weighted by molar-refractivity contribution is 0.219. The van der Waals surface area contributed by atoms with E-state index in [9.17, 15) is 0 Å². The molecule has 17 heavy (non-hydrogen) atoms. The third kappa shape index (κ3) is 3.47. The predicted molar refractivity (Wildman–Crippen MR) is 76.7 cm³/mol. The second-order valence-corrected chi connectivity index (χ2v) is 5.86. The van der Waals surface area contributed by atoms with Gasteiger partial charge in [0.1, 0.15) is 0 Å². The summed E-state index contributed by atoms with van der Waals surface area (Å²) in [6, 6.07) is 12.0. The molecule has 1 aromatic rings. The molecule has 2 rings (SSSR count). The van der Waals surface area contributed by atoms with Crippen LogP contribution in [-0.4, -0.2) is 49.1 Å². The van der Waals surface area contributed by atoms with E-state index in [0.29, 0.717) is 12.1 Å². The van der Waals surface area contributed by atoms with E-state index in [0.717, 1.165) is 6.42 Å². The maximum atomic E-state index is 3.50. The molecule has 0 aliphatic carbocycles. The molecule has 1 aliphatic heterocycles. The molecule has 2 nitrogen and oxygen atoms in total. The summed E-state index contributed by atoms with van der Waals surface area (Å²) in [6.45, 7) is 1.21. The van der Waals surface area contributed by atoms with Gasteiger partial charge in [0, 0.05) is 30.1 Å². The summed E-state index contributed by atoms with van der Waals surface area (Å²) in [6.07, 6.45) is 1.12. The summed E-state index contributed by atoms with van der Waals surface area (Å²) in [4.78, 5) is 2.50. The highest BCUT2D eigenvalue weighted by Gasteiger charge is 2.26. The Morgan fingerprint density at radius 2 is 2.18 bits per heavy atom. The molecule has 1 N–H and O–H groups in total. The van der Waals surface area contributed by atoms with Crippen molar-refractivity contribution < 1.29 is 0 Å². The number of rotatable bonds is 4. The van der Waals surface area contributed by atoms with Crippen LogP contribution in [0.3, 0.4) is 0 Å². The fourth-order valence-corrected chi connectivity index (χ4v) is 3.74. The Kier molecular flexibility index (Phi) is 4.89. The second kappa shape index (κ2) is 6.43. The lowest BCUT2D eigenvalue weighted by Gasteiger charge is -2.37. The van der Waals surface area contributed by atoms with Crippen LogP contribution >= 0.6 is 11.8 Å². The van der Waals surface area contributed by atoms with Gasteiger partial charge in [-0.25, -0.2) is 0 Å². The van der Waals surface area contributed by atoms with Crippen molar-refractivity contribution in [1.29, 1.82) is 0 Å².